The number of rotatable bonds is 0. The molecule has 1 heteroatoms. The van der Waals surface area contributed by atoms with Gasteiger partial charge in [-0.25, -0.2) is 0 Å². The Labute approximate surface area is 78.3 Å². The van der Waals surface area contributed by atoms with E-state index in [4.69, 9.17) is 5.73 Å². The summed E-state index contributed by atoms with van der Waals surface area (Å²) >= 11 is 0. The summed E-state index contributed by atoms with van der Waals surface area (Å²) in [5.74, 6) is 0. The van der Waals surface area contributed by atoms with E-state index >= 15 is 0 Å². The smallest absolute Gasteiger partial charge is 0.0425 e. The van der Waals surface area contributed by atoms with E-state index in [1.807, 2.05) is 0 Å². The second kappa shape index (κ2) is 2.38. The molecule has 13 heavy (non-hydrogen) atoms. The predicted molar refractivity (Wildman–Crippen MR) is 55.6 cm³/mol. The molecule has 0 saturated heterocycles. The summed E-state index contributed by atoms with van der Waals surface area (Å²) in [6.07, 6.45) is 9.15. The van der Waals surface area contributed by atoms with Crippen molar-refractivity contribution < 1.29 is 0 Å². The number of fused-ring (bicyclic) bond motifs is 2. The van der Waals surface area contributed by atoms with Crippen molar-refractivity contribution in [2.24, 2.45) is 0 Å². The average Bonchev–Trinajstić information content (AvgIpc) is 2.71. The van der Waals surface area contributed by atoms with Gasteiger partial charge in [-0.3, -0.25) is 0 Å². The average molecular weight is 171 g/mol. The first kappa shape index (κ1) is 7.19. The van der Waals surface area contributed by atoms with Gasteiger partial charge in [-0.2, -0.15) is 0 Å². The highest BCUT2D eigenvalue weighted by Gasteiger charge is 2.19. The highest BCUT2D eigenvalue weighted by Crippen LogP contribution is 2.35. The number of allylic oxidation sites excluding steroid dienone is 1. The van der Waals surface area contributed by atoms with Crippen LogP contribution in [0.5, 0.6) is 0 Å². The molecule has 0 fully saturated rings. The number of aryl methyl sites for hydroxylation is 1. The molecule has 3 rings (SSSR count). The van der Waals surface area contributed by atoms with Gasteiger partial charge in [0.25, 0.3) is 0 Å². The summed E-state index contributed by atoms with van der Waals surface area (Å²) in [6.45, 7) is 0. The van der Waals surface area contributed by atoms with E-state index < -0.39 is 0 Å². The molecule has 0 aromatic heterocycles. The van der Waals surface area contributed by atoms with Gasteiger partial charge in [-0.15, -0.1) is 0 Å². The van der Waals surface area contributed by atoms with Crippen LogP contribution < -0.4 is 5.73 Å². The number of benzene rings is 1. The molecule has 1 aromatic rings. The van der Waals surface area contributed by atoms with Gasteiger partial charge in [0.15, 0.2) is 0 Å². The summed E-state index contributed by atoms with van der Waals surface area (Å²) in [6, 6.07) is 2.36. The minimum absolute atomic E-state index is 1.05. The molecule has 0 radical (unpaired) electrons. The second-order valence-corrected chi connectivity index (χ2v) is 3.96. The van der Waals surface area contributed by atoms with Crippen molar-refractivity contribution in [1.29, 1.82) is 0 Å². The molecule has 1 aromatic carbocycles. The molecule has 66 valence electrons. The molecule has 0 bridgehead atoms. The van der Waals surface area contributed by atoms with Crippen LogP contribution >= 0.6 is 0 Å². The Morgan fingerprint density at radius 2 is 2.08 bits per heavy atom. The van der Waals surface area contributed by atoms with Gasteiger partial charge >= 0.3 is 0 Å². The van der Waals surface area contributed by atoms with Crippen molar-refractivity contribution in [3.8, 4) is 0 Å². The Bertz CT molecular complexity index is 401. The van der Waals surface area contributed by atoms with Gasteiger partial charge in [0, 0.05) is 11.3 Å². The van der Waals surface area contributed by atoms with Crippen LogP contribution in [-0.4, -0.2) is 0 Å². The normalized spacial score (nSPS) is 17.5. The van der Waals surface area contributed by atoms with Crippen molar-refractivity contribution in [1.82, 2.24) is 0 Å². The van der Waals surface area contributed by atoms with Crippen molar-refractivity contribution in [2.45, 2.75) is 25.7 Å². The topological polar surface area (TPSA) is 26.0 Å². The first-order chi connectivity index (χ1) is 6.36. The molecule has 0 heterocycles. The lowest BCUT2D eigenvalue weighted by Crippen LogP contribution is -1.98. The number of anilines is 1. The van der Waals surface area contributed by atoms with Gasteiger partial charge in [-0.05, 0) is 42.4 Å². The summed E-state index contributed by atoms with van der Waals surface area (Å²) in [7, 11) is 0. The number of hydrogen-bond acceptors (Lipinski definition) is 1. The Balaban J connectivity index is 2.30. The van der Waals surface area contributed by atoms with Crippen molar-refractivity contribution >= 4 is 11.8 Å². The van der Waals surface area contributed by atoms with Gasteiger partial charge in [0.1, 0.15) is 0 Å². The van der Waals surface area contributed by atoms with E-state index in [-0.39, 0.29) is 0 Å². The van der Waals surface area contributed by atoms with Crippen LogP contribution in [0.4, 0.5) is 5.69 Å². The van der Waals surface area contributed by atoms with E-state index in [9.17, 15) is 0 Å². The van der Waals surface area contributed by atoms with Crippen molar-refractivity contribution in [3.63, 3.8) is 0 Å². The zero-order valence-corrected chi connectivity index (χ0v) is 7.64. The van der Waals surface area contributed by atoms with E-state index in [1.54, 1.807) is 0 Å². The van der Waals surface area contributed by atoms with Crippen LogP contribution in [0.25, 0.3) is 6.08 Å². The maximum absolute atomic E-state index is 6.13. The number of nitrogen functional groups attached to an aromatic ring is 1. The maximum atomic E-state index is 6.13. The molecule has 0 saturated carbocycles. The molecule has 0 atom stereocenters. The Kier molecular flexibility index (Phi) is 1.32. The largest absolute Gasteiger partial charge is 0.398 e. The van der Waals surface area contributed by atoms with Gasteiger partial charge < -0.3 is 5.73 Å². The van der Waals surface area contributed by atoms with Crippen LogP contribution in [0.2, 0.25) is 0 Å². The Morgan fingerprint density at radius 1 is 1.15 bits per heavy atom. The first-order valence-corrected chi connectivity index (χ1v) is 4.96. The third-order valence-electron chi connectivity index (χ3n) is 3.19. The highest BCUT2D eigenvalue weighted by atomic mass is 14.6. The fraction of sp³-hybridized carbons (Fsp3) is 0.333. The lowest BCUT2D eigenvalue weighted by molar-refractivity contribution is 0.912. The van der Waals surface area contributed by atoms with Crippen molar-refractivity contribution in [2.75, 3.05) is 5.73 Å². The van der Waals surface area contributed by atoms with Crippen molar-refractivity contribution in [3.05, 3.63) is 34.4 Å². The molecule has 2 aliphatic carbocycles. The quantitative estimate of drug-likeness (QED) is 0.596. The maximum Gasteiger partial charge on any atom is 0.0425 e. The second-order valence-electron chi connectivity index (χ2n) is 3.96. The molecule has 0 amide bonds. The van der Waals surface area contributed by atoms with Crippen LogP contribution in [0.3, 0.4) is 0 Å². The van der Waals surface area contributed by atoms with Crippen LogP contribution in [-0.2, 0) is 19.3 Å². The monoisotopic (exact) mass is 171 g/mol. The fourth-order valence-corrected chi connectivity index (χ4v) is 2.53. The molecular weight excluding hydrogens is 158 g/mol. The molecular formula is C12H13N. The minimum Gasteiger partial charge on any atom is -0.398 e. The zero-order chi connectivity index (χ0) is 8.84. The first-order valence-electron chi connectivity index (χ1n) is 4.96. The molecule has 0 unspecified atom stereocenters. The third kappa shape index (κ3) is 0.873. The molecule has 2 N–H and O–H groups in total. The Morgan fingerprint density at radius 3 is 3.00 bits per heavy atom. The van der Waals surface area contributed by atoms with E-state index in [0.717, 1.165) is 12.1 Å². The summed E-state index contributed by atoms with van der Waals surface area (Å²) in [5.41, 5.74) is 12.8. The SMILES string of the molecule is Nc1c2c(cc3c1CCC3)CC=C2. The van der Waals surface area contributed by atoms with E-state index in [0.29, 0.717) is 0 Å². The summed E-state index contributed by atoms with van der Waals surface area (Å²) in [4.78, 5) is 0. The summed E-state index contributed by atoms with van der Waals surface area (Å²) < 4.78 is 0. The zero-order valence-electron chi connectivity index (χ0n) is 7.64. The molecule has 0 aliphatic heterocycles. The number of hydrogen-bond donors (Lipinski definition) is 1. The molecule has 2 aliphatic rings. The number of nitrogens with two attached hydrogens (primary N) is 1. The van der Waals surface area contributed by atoms with E-state index in [2.05, 4.69) is 18.2 Å². The predicted octanol–water partition coefficient (Wildman–Crippen LogP) is 2.33. The molecule has 1 nitrogen and oxygen atoms in total. The van der Waals surface area contributed by atoms with E-state index in [1.165, 1.54) is 41.5 Å². The Hall–Kier alpha value is -1.24. The van der Waals surface area contributed by atoms with Gasteiger partial charge in [-0.1, -0.05) is 18.2 Å². The third-order valence-corrected chi connectivity index (χ3v) is 3.19. The lowest BCUT2D eigenvalue weighted by Gasteiger charge is -2.09. The fourth-order valence-electron chi connectivity index (χ4n) is 2.53. The molecule has 0 spiro atoms. The lowest BCUT2D eigenvalue weighted by atomic mass is 9.99. The van der Waals surface area contributed by atoms with Crippen LogP contribution in [0.1, 0.15) is 28.7 Å². The summed E-state index contributed by atoms with van der Waals surface area (Å²) in [5, 5.41) is 0. The highest BCUT2D eigenvalue weighted by molar-refractivity contribution is 5.76. The van der Waals surface area contributed by atoms with Crippen LogP contribution in [0.15, 0.2) is 12.1 Å². The minimum atomic E-state index is 1.05. The van der Waals surface area contributed by atoms with Gasteiger partial charge in [0.2, 0.25) is 0 Å². The standard InChI is InChI=1S/C12H13N/c13-12-10-5-1-3-8(10)7-9-4-2-6-11(9)12/h1,5,7H,2-4,6,13H2. The van der Waals surface area contributed by atoms with Gasteiger partial charge in [0.05, 0.1) is 0 Å². The van der Waals surface area contributed by atoms with Crippen LogP contribution in [0, 0.1) is 0 Å².